The van der Waals surface area contributed by atoms with Gasteiger partial charge >= 0.3 is 0 Å². The van der Waals surface area contributed by atoms with Gasteiger partial charge in [-0.25, -0.2) is 8.42 Å². The minimum absolute atomic E-state index is 0.101. The number of nitrogens with one attached hydrogen (secondary N) is 2. The highest BCUT2D eigenvalue weighted by atomic mass is 32.2. The smallest absolute Gasteiger partial charge is 0.232 e. The predicted molar refractivity (Wildman–Crippen MR) is 82.4 cm³/mol. The summed E-state index contributed by atoms with van der Waals surface area (Å²) in [5.74, 6) is 0.101. The van der Waals surface area contributed by atoms with Gasteiger partial charge in [-0.05, 0) is 39.1 Å². The fraction of sp³-hybridized carbons (Fsp3) is 0.357. The Morgan fingerprint density at radius 2 is 2.00 bits per heavy atom. The molecule has 6 heteroatoms. The van der Waals surface area contributed by atoms with Crippen LogP contribution in [0.4, 0.5) is 5.69 Å². The lowest BCUT2D eigenvalue weighted by Gasteiger charge is -2.11. The van der Waals surface area contributed by atoms with Crippen LogP contribution < -0.4 is 10.0 Å². The molecule has 108 valence electrons. The molecule has 0 spiro atoms. The molecule has 5 nitrogen and oxygen atoms in total. The van der Waals surface area contributed by atoms with E-state index < -0.39 is 10.0 Å². The number of aromatic nitrogens is 1. The number of pyridine rings is 1. The van der Waals surface area contributed by atoms with Gasteiger partial charge in [0.1, 0.15) is 0 Å². The number of hydrogen-bond acceptors (Lipinski definition) is 4. The molecule has 0 aliphatic carbocycles. The van der Waals surface area contributed by atoms with E-state index in [2.05, 4.69) is 15.0 Å². The van der Waals surface area contributed by atoms with Crippen molar-refractivity contribution in [2.75, 3.05) is 24.1 Å². The van der Waals surface area contributed by atoms with E-state index in [1.807, 2.05) is 31.2 Å². The number of nitrogens with zero attached hydrogens (tertiary/aromatic N) is 1. The van der Waals surface area contributed by atoms with Crippen molar-refractivity contribution in [3.63, 3.8) is 0 Å². The van der Waals surface area contributed by atoms with Crippen molar-refractivity contribution < 1.29 is 8.42 Å². The summed E-state index contributed by atoms with van der Waals surface area (Å²) in [7, 11) is -1.53. The standard InChI is InChI=1S/C14H19N3O2S/c1-11-10-14(12-6-3-4-7-13(12)16-11)17-20(18,19)9-5-8-15-2/h3-4,6-7,10,15H,5,8-9H2,1-2H3,(H,16,17). The summed E-state index contributed by atoms with van der Waals surface area (Å²) in [6, 6.07) is 9.27. The molecule has 0 aliphatic rings. The number of benzene rings is 1. The number of sulfonamides is 1. The summed E-state index contributed by atoms with van der Waals surface area (Å²) in [5, 5.41) is 3.76. The summed E-state index contributed by atoms with van der Waals surface area (Å²) in [4.78, 5) is 4.40. The molecule has 2 aromatic rings. The average Bonchev–Trinajstić information content (AvgIpc) is 2.38. The van der Waals surface area contributed by atoms with Crippen LogP contribution in [0.5, 0.6) is 0 Å². The second kappa shape index (κ2) is 6.19. The van der Waals surface area contributed by atoms with E-state index in [1.54, 1.807) is 13.1 Å². The van der Waals surface area contributed by atoms with Gasteiger partial charge in [-0.1, -0.05) is 18.2 Å². The molecule has 0 saturated carbocycles. The van der Waals surface area contributed by atoms with Crippen molar-refractivity contribution in [3.8, 4) is 0 Å². The average molecular weight is 293 g/mol. The molecule has 0 aliphatic heterocycles. The summed E-state index contributed by atoms with van der Waals surface area (Å²) < 4.78 is 26.8. The number of aryl methyl sites for hydroxylation is 1. The third-order valence-corrected chi connectivity index (χ3v) is 4.31. The Labute approximate surface area is 119 Å². The largest absolute Gasteiger partial charge is 0.320 e. The Kier molecular flexibility index (Phi) is 4.57. The third kappa shape index (κ3) is 3.68. The zero-order valence-electron chi connectivity index (χ0n) is 11.7. The van der Waals surface area contributed by atoms with Crippen LogP contribution in [0, 0.1) is 6.92 Å². The maximum atomic E-state index is 12.1. The van der Waals surface area contributed by atoms with E-state index >= 15 is 0 Å². The van der Waals surface area contributed by atoms with Gasteiger partial charge in [0.2, 0.25) is 10.0 Å². The van der Waals surface area contributed by atoms with Crippen molar-refractivity contribution in [2.24, 2.45) is 0 Å². The maximum Gasteiger partial charge on any atom is 0.232 e. The summed E-state index contributed by atoms with van der Waals surface area (Å²) in [6.07, 6.45) is 0.577. The first-order chi connectivity index (χ1) is 9.52. The molecular formula is C14H19N3O2S. The molecule has 1 heterocycles. The van der Waals surface area contributed by atoms with Crippen LogP contribution in [0.25, 0.3) is 10.9 Å². The zero-order valence-corrected chi connectivity index (χ0v) is 12.5. The highest BCUT2D eigenvalue weighted by Gasteiger charge is 2.12. The first kappa shape index (κ1) is 14.7. The summed E-state index contributed by atoms with van der Waals surface area (Å²) >= 11 is 0. The summed E-state index contributed by atoms with van der Waals surface area (Å²) in [5.41, 5.74) is 2.18. The quantitative estimate of drug-likeness (QED) is 0.798. The highest BCUT2D eigenvalue weighted by Crippen LogP contribution is 2.23. The molecule has 2 rings (SSSR count). The van der Waals surface area contributed by atoms with Crippen LogP contribution in [0.3, 0.4) is 0 Å². The molecule has 1 aromatic carbocycles. The maximum absolute atomic E-state index is 12.1. The van der Waals surface area contributed by atoms with Crippen LogP contribution in [-0.2, 0) is 10.0 Å². The van der Waals surface area contributed by atoms with Crippen molar-refractivity contribution in [2.45, 2.75) is 13.3 Å². The fourth-order valence-electron chi connectivity index (χ4n) is 2.05. The third-order valence-electron chi connectivity index (χ3n) is 2.95. The predicted octanol–water partition coefficient (Wildman–Crippen LogP) is 1.89. The van der Waals surface area contributed by atoms with Crippen molar-refractivity contribution in [1.29, 1.82) is 0 Å². The molecular weight excluding hydrogens is 274 g/mol. The van der Waals surface area contributed by atoms with Gasteiger partial charge in [0.25, 0.3) is 0 Å². The number of para-hydroxylation sites is 1. The minimum atomic E-state index is -3.33. The van der Waals surface area contributed by atoms with Crippen LogP contribution in [0.1, 0.15) is 12.1 Å². The van der Waals surface area contributed by atoms with E-state index in [4.69, 9.17) is 0 Å². The van der Waals surface area contributed by atoms with Crippen molar-refractivity contribution in [1.82, 2.24) is 10.3 Å². The number of anilines is 1. The monoisotopic (exact) mass is 293 g/mol. The second-order valence-corrected chi connectivity index (χ2v) is 6.55. The molecule has 1 aromatic heterocycles. The van der Waals surface area contributed by atoms with E-state index in [-0.39, 0.29) is 5.75 Å². The lowest BCUT2D eigenvalue weighted by molar-refractivity contribution is 0.597. The van der Waals surface area contributed by atoms with Gasteiger partial charge in [0.15, 0.2) is 0 Å². The van der Waals surface area contributed by atoms with Gasteiger partial charge in [-0.3, -0.25) is 9.71 Å². The Morgan fingerprint density at radius 3 is 2.75 bits per heavy atom. The first-order valence-electron chi connectivity index (χ1n) is 6.53. The normalized spacial score (nSPS) is 11.7. The van der Waals surface area contributed by atoms with Gasteiger partial charge < -0.3 is 5.32 Å². The van der Waals surface area contributed by atoms with E-state index in [0.29, 0.717) is 18.7 Å². The van der Waals surface area contributed by atoms with Gasteiger partial charge in [-0.2, -0.15) is 0 Å². The molecule has 0 atom stereocenters. The first-order valence-corrected chi connectivity index (χ1v) is 8.18. The molecule has 0 saturated heterocycles. The fourth-order valence-corrected chi connectivity index (χ4v) is 3.18. The zero-order chi connectivity index (χ0) is 14.6. The number of fused-ring (bicyclic) bond motifs is 1. The van der Waals surface area contributed by atoms with E-state index in [1.165, 1.54) is 0 Å². The molecule has 0 unspecified atom stereocenters. The molecule has 0 radical (unpaired) electrons. The number of hydrogen-bond donors (Lipinski definition) is 2. The van der Waals surface area contributed by atoms with Crippen molar-refractivity contribution >= 4 is 26.6 Å². The minimum Gasteiger partial charge on any atom is -0.320 e. The molecule has 0 amide bonds. The Hall–Kier alpha value is -1.66. The molecule has 2 N–H and O–H groups in total. The topological polar surface area (TPSA) is 71.1 Å². The van der Waals surface area contributed by atoms with Crippen molar-refractivity contribution in [3.05, 3.63) is 36.0 Å². The lowest BCUT2D eigenvalue weighted by Crippen LogP contribution is -2.20. The van der Waals surface area contributed by atoms with E-state index in [9.17, 15) is 8.42 Å². The van der Waals surface area contributed by atoms with Gasteiger partial charge in [-0.15, -0.1) is 0 Å². The van der Waals surface area contributed by atoms with Gasteiger partial charge in [0.05, 0.1) is 17.0 Å². The molecule has 0 bridgehead atoms. The second-order valence-electron chi connectivity index (χ2n) is 4.71. The highest BCUT2D eigenvalue weighted by molar-refractivity contribution is 7.92. The number of rotatable bonds is 6. The summed E-state index contributed by atoms with van der Waals surface area (Å²) in [6.45, 7) is 2.53. The SMILES string of the molecule is CNCCCS(=O)(=O)Nc1cc(C)nc2ccccc12. The van der Waals surface area contributed by atoms with Crippen LogP contribution in [0.15, 0.2) is 30.3 Å². The van der Waals surface area contributed by atoms with E-state index in [0.717, 1.165) is 16.6 Å². The Bertz CT molecular complexity index is 699. The Morgan fingerprint density at radius 1 is 1.25 bits per heavy atom. The van der Waals surface area contributed by atoms with Crippen LogP contribution >= 0.6 is 0 Å². The molecule has 0 fully saturated rings. The van der Waals surface area contributed by atoms with Crippen LogP contribution in [-0.4, -0.2) is 32.7 Å². The van der Waals surface area contributed by atoms with Crippen LogP contribution in [0.2, 0.25) is 0 Å². The Balaban J connectivity index is 2.29. The lowest BCUT2D eigenvalue weighted by atomic mass is 10.2. The molecule has 20 heavy (non-hydrogen) atoms. The van der Waals surface area contributed by atoms with Gasteiger partial charge in [0, 0.05) is 11.1 Å².